The Balaban J connectivity index is 1.50. The van der Waals surface area contributed by atoms with E-state index >= 15 is 0 Å². The van der Waals surface area contributed by atoms with Gasteiger partial charge in [-0.25, -0.2) is 4.79 Å². The van der Waals surface area contributed by atoms with Crippen LogP contribution in [0.5, 0.6) is 0 Å². The summed E-state index contributed by atoms with van der Waals surface area (Å²) in [5.41, 5.74) is 1.21. The first kappa shape index (κ1) is 20.2. The number of carbonyl (C=O) groups is 1. The number of nitrogens with one attached hydrogen (secondary N) is 2. The van der Waals surface area contributed by atoms with Gasteiger partial charge in [-0.1, -0.05) is 57.0 Å². The van der Waals surface area contributed by atoms with Crippen molar-refractivity contribution in [3.05, 3.63) is 35.9 Å². The van der Waals surface area contributed by atoms with Crippen molar-refractivity contribution < 1.29 is 9.53 Å². The van der Waals surface area contributed by atoms with Crippen molar-refractivity contribution in [2.75, 3.05) is 32.8 Å². The maximum absolute atomic E-state index is 12.6. The number of benzene rings is 1. The van der Waals surface area contributed by atoms with Crippen LogP contribution in [0.2, 0.25) is 0 Å². The largest absolute Gasteiger partial charge is 0.374 e. The smallest absolute Gasteiger partial charge is 0.315 e. The molecular formula is C22H35N3O2. The van der Waals surface area contributed by atoms with E-state index < -0.39 is 0 Å². The van der Waals surface area contributed by atoms with Gasteiger partial charge < -0.3 is 15.4 Å². The van der Waals surface area contributed by atoms with E-state index in [0.717, 1.165) is 26.2 Å². The van der Waals surface area contributed by atoms with E-state index in [9.17, 15) is 4.79 Å². The molecule has 27 heavy (non-hydrogen) atoms. The van der Waals surface area contributed by atoms with Crippen molar-refractivity contribution in [2.24, 2.45) is 11.8 Å². The zero-order valence-electron chi connectivity index (χ0n) is 16.8. The highest BCUT2D eigenvalue weighted by Gasteiger charge is 2.28. The molecule has 2 amide bonds. The number of hydrogen-bond acceptors (Lipinski definition) is 3. The number of urea groups is 1. The van der Waals surface area contributed by atoms with Crippen LogP contribution in [-0.2, 0) is 4.74 Å². The van der Waals surface area contributed by atoms with Crippen molar-refractivity contribution in [2.45, 2.75) is 51.7 Å². The molecule has 1 saturated carbocycles. The van der Waals surface area contributed by atoms with E-state index in [2.05, 4.69) is 53.6 Å². The fourth-order valence-electron chi connectivity index (χ4n) is 4.41. The van der Waals surface area contributed by atoms with Crippen LogP contribution in [0, 0.1) is 11.8 Å². The van der Waals surface area contributed by atoms with E-state index in [1.807, 2.05) is 6.07 Å². The lowest BCUT2D eigenvalue weighted by atomic mass is 9.92. The van der Waals surface area contributed by atoms with Crippen LogP contribution >= 0.6 is 0 Å². The lowest BCUT2D eigenvalue weighted by Crippen LogP contribution is -2.50. The lowest BCUT2D eigenvalue weighted by molar-refractivity contribution is -0.0290. The molecule has 2 fully saturated rings. The predicted molar refractivity (Wildman–Crippen MR) is 109 cm³/mol. The van der Waals surface area contributed by atoms with Crippen molar-refractivity contribution in [1.82, 2.24) is 15.5 Å². The van der Waals surface area contributed by atoms with Gasteiger partial charge in [0, 0.05) is 26.2 Å². The predicted octanol–water partition coefficient (Wildman–Crippen LogP) is 3.57. The molecule has 1 aliphatic carbocycles. The molecule has 1 saturated heterocycles. The Morgan fingerprint density at radius 2 is 1.96 bits per heavy atom. The molecular weight excluding hydrogens is 338 g/mol. The van der Waals surface area contributed by atoms with Crippen molar-refractivity contribution >= 4 is 6.03 Å². The fraction of sp³-hybridized carbons (Fsp3) is 0.682. The average molecular weight is 374 g/mol. The molecule has 5 nitrogen and oxygen atoms in total. The SMILES string of the molecule is CC(C)CN1CCOC(CNC(=O)NC(c2ccccc2)C2CCCC2)C1. The number of amides is 2. The number of carbonyl (C=O) groups excluding carboxylic acids is 1. The summed E-state index contributed by atoms with van der Waals surface area (Å²) in [7, 11) is 0. The van der Waals surface area contributed by atoms with Crippen LogP contribution in [-0.4, -0.2) is 49.8 Å². The second kappa shape index (κ2) is 10.1. The summed E-state index contributed by atoms with van der Waals surface area (Å²) in [6, 6.07) is 10.4. The van der Waals surface area contributed by atoms with Crippen molar-refractivity contribution in [1.29, 1.82) is 0 Å². The minimum absolute atomic E-state index is 0.0740. The summed E-state index contributed by atoms with van der Waals surface area (Å²) >= 11 is 0. The molecule has 0 spiro atoms. The van der Waals surface area contributed by atoms with E-state index in [4.69, 9.17) is 4.74 Å². The summed E-state index contributed by atoms with van der Waals surface area (Å²) in [6.45, 7) is 8.75. The molecule has 1 heterocycles. The number of nitrogens with zero attached hydrogens (tertiary/aromatic N) is 1. The van der Waals surface area contributed by atoms with E-state index in [1.165, 1.54) is 31.2 Å². The van der Waals surface area contributed by atoms with Crippen LogP contribution in [0.4, 0.5) is 4.79 Å². The van der Waals surface area contributed by atoms with Gasteiger partial charge in [0.15, 0.2) is 0 Å². The Labute approximate surface area is 163 Å². The van der Waals surface area contributed by atoms with Gasteiger partial charge in [-0.05, 0) is 30.2 Å². The molecule has 2 N–H and O–H groups in total. The first-order valence-corrected chi connectivity index (χ1v) is 10.5. The normalized spacial score (nSPS) is 22.7. The highest BCUT2D eigenvalue weighted by atomic mass is 16.5. The number of rotatable bonds is 7. The number of ether oxygens (including phenoxy) is 1. The van der Waals surface area contributed by atoms with Crippen LogP contribution in [0.25, 0.3) is 0 Å². The first-order valence-electron chi connectivity index (χ1n) is 10.5. The van der Waals surface area contributed by atoms with Gasteiger partial charge in [-0.2, -0.15) is 0 Å². The molecule has 1 aromatic carbocycles. The summed E-state index contributed by atoms with van der Waals surface area (Å²) < 4.78 is 5.85. The highest BCUT2D eigenvalue weighted by molar-refractivity contribution is 5.74. The second-order valence-corrected chi connectivity index (χ2v) is 8.43. The molecule has 3 rings (SSSR count). The zero-order valence-corrected chi connectivity index (χ0v) is 16.8. The third kappa shape index (κ3) is 6.22. The number of morpholine rings is 1. The van der Waals surface area contributed by atoms with Crippen molar-refractivity contribution in [3.8, 4) is 0 Å². The molecule has 5 heteroatoms. The fourth-order valence-corrected chi connectivity index (χ4v) is 4.41. The van der Waals surface area contributed by atoms with Crippen LogP contribution in [0.1, 0.15) is 51.1 Å². The molecule has 0 bridgehead atoms. The van der Waals surface area contributed by atoms with Gasteiger partial charge in [0.2, 0.25) is 0 Å². The lowest BCUT2D eigenvalue weighted by Gasteiger charge is -2.34. The maximum atomic E-state index is 12.6. The van der Waals surface area contributed by atoms with Crippen molar-refractivity contribution in [3.63, 3.8) is 0 Å². The van der Waals surface area contributed by atoms with Crippen LogP contribution in [0.15, 0.2) is 30.3 Å². The Hall–Kier alpha value is -1.59. The third-order valence-electron chi connectivity index (χ3n) is 5.65. The molecule has 2 unspecified atom stereocenters. The van der Waals surface area contributed by atoms with Crippen LogP contribution in [0.3, 0.4) is 0 Å². The standard InChI is InChI=1S/C22H35N3O2/c1-17(2)15-25-12-13-27-20(16-25)14-23-22(26)24-21(19-10-6-7-11-19)18-8-4-3-5-9-18/h3-5,8-9,17,19-21H,6-7,10-16H2,1-2H3,(H2,23,24,26). The van der Waals surface area contributed by atoms with Gasteiger partial charge >= 0.3 is 6.03 Å². The van der Waals surface area contributed by atoms with E-state index in [1.54, 1.807) is 0 Å². The zero-order chi connectivity index (χ0) is 19.1. The molecule has 2 atom stereocenters. The molecule has 2 aliphatic rings. The van der Waals surface area contributed by atoms with E-state index in [0.29, 0.717) is 18.4 Å². The number of hydrogen-bond donors (Lipinski definition) is 2. The average Bonchev–Trinajstić information content (AvgIpc) is 3.19. The van der Waals surface area contributed by atoms with Gasteiger partial charge in [0.1, 0.15) is 0 Å². The Bertz CT molecular complexity index is 572. The Morgan fingerprint density at radius 1 is 1.22 bits per heavy atom. The summed E-state index contributed by atoms with van der Waals surface area (Å²) in [4.78, 5) is 15.0. The topological polar surface area (TPSA) is 53.6 Å². The molecule has 1 aromatic rings. The summed E-state index contributed by atoms with van der Waals surface area (Å²) in [5, 5.41) is 6.29. The van der Waals surface area contributed by atoms with Crippen LogP contribution < -0.4 is 10.6 Å². The van der Waals surface area contributed by atoms with Gasteiger partial charge in [-0.15, -0.1) is 0 Å². The monoisotopic (exact) mass is 373 g/mol. The minimum atomic E-state index is -0.0830. The molecule has 150 valence electrons. The quantitative estimate of drug-likeness (QED) is 0.768. The van der Waals surface area contributed by atoms with Gasteiger partial charge in [-0.3, -0.25) is 4.90 Å². The molecule has 0 aromatic heterocycles. The Morgan fingerprint density at radius 3 is 2.67 bits per heavy atom. The molecule has 1 aliphatic heterocycles. The summed E-state index contributed by atoms with van der Waals surface area (Å²) in [6.07, 6.45) is 4.98. The second-order valence-electron chi connectivity index (χ2n) is 8.43. The third-order valence-corrected chi connectivity index (χ3v) is 5.65. The summed E-state index contributed by atoms with van der Waals surface area (Å²) in [5.74, 6) is 1.18. The van der Waals surface area contributed by atoms with Gasteiger partial charge in [0.05, 0.1) is 18.8 Å². The maximum Gasteiger partial charge on any atom is 0.315 e. The van der Waals surface area contributed by atoms with Gasteiger partial charge in [0.25, 0.3) is 0 Å². The first-order chi connectivity index (χ1) is 13.1. The minimum Gasteiger partial charge on any atom is -0.374 e. The molecule has 0 radical (unpaired) electrons. The van der Waals surface area contributed by atoms with E-state index in [-0.39, 0.29) is 18.2 Å². The Kier molecular flexibility index (Phi) is 7.53. The highest BCUT2D eigenvalue weighted by Crippen LogP contribution is 2.35.